The number of carbonyl (C=O) groups excluding carboxylic acids is 1. The van der Waals surface area contributed by atoms with Gasteiger partial charge in [-0.2, -0.15) is 0 Å². The van der Waals surface area contributed by atoms with Crippen molar-refractivity contribution in [1.29, 1.82) is 0 Å². The number of aldehydes is 1. The predicted molar refractivity (Wildman–Crippen MR) is 87.9 cm³/mol. The highest BCUT2D eigenvalue weighted by molar-refractivity contribution is 5.99. The minimum atomic E-state index is -0.536. The predicted octanol–water partition coefficient (Wildman–Crippen LogP) is 3.55. The SMILES string of the molecule is CCc1ccc2oc(=O)c(C=O)c(N3CCCCCC3)c2c1. The quantitative estimate of drug-likeness (QED) is 0.642. The summed E-state index contributed by atoms with van der Waals surface area (Å²) in [6, 6.07) is 5.86. The average Bonchev–Trinajstić information content (AvgIpc) is 2.82. The molecule has 1 aliphatic rings. The van der Waals surface area contributed by atoms with Crippen LogP contribution in [-0.4, -0.2) is 19.4 Å². The summed E-state index contributed by atoms with van der Waals surface area (Å²) < 4.78 is 5.33. The Balaban J connectivity index is 2.26. The number of hydrogen-bond acceptors (Lipinski definition) is 4. The molecule has 3 rings (SSSR count). The Kier molecular flexibility index (Phi) is 4.27. The number of nitrogens with zero attached hydrogens (tertiary/aromatic N) is 1. The summed E-state index contributed by atoms with van der Waals surface area (Å²) in [7, 11) is 0. The number of fused-ring (bicyclic) bond motifs is 1. The van der Waals surface area contributed by atoms with Crippen LogP contribution in [0.1, 0.15) is 48.5 Å². The summed E-state index contributed by atoms with van der Waals surface area (Å²) in [5.41, 5.74) is 2.12. The molecule has 0 bridgehead atoms. The Labute approximate surface area is 129 Å². The third-order valence-corrected chi connectivity index (χ3v) is 4.43. The van der Waals surface area contributed by atoms with Crippen molar-refractivity contribution in [3.05, 3.63) is 39.7 Å². The van der Waals surface area contributed by atoms with E-state index in [1.54, 1.807) is 0 Å². The van der Waals surface area contributed by atoms with Crippen LogP contribution in [0.3, 0.4) is 0 Å². The second-order valence-corrected chi connectivity index (χ2v) is 5.85. The van der Waals surface area contributed by atoms with E-state index < -0.39 is 5.63 Å². The van der Waals surface area contributed by atoms with Crippen molar-refractivity contribution in [3.8, 4) is 0 Å². The van der Waals surface area contributed by atoms with E-state index in [-0.39, 0.29) is 5.56 Å². The molecular weight excluding hydrogens is 278 g/mol. The second-order valence-electron chi connectivity index (χ2n) is 5.85. The molecule has 4 heteroatoms. The van der Waals surface area contributed by atoms with Crippen LogP contribution >= 0.6 is 0 Å². The first-order valence-corrected chi connectivity index (χ1v) is 8.04. The number of carbonyl (C=O) groups is 1. The van der Waals surface area contributed by atoms with Gasteiger partial charge in [0.15, 0.2) is 6.29 Å². The van der Waals surface area contributed by atoms with Gasteiger partial charge in [0.05, 0.1) is 5.69 Å². The summed E-state index contributed by atoms with van der Waals surface area (Å²) >= 11 is 0. The minimum Gasteiger partial charge on any atom is -0.422 e. The highest BCUT2D eigenvalue weighted by Crippen LogP contribution is 2.31. The number of hydrogen-bond donors (Lipinski definition) is 0. The van der Waals surface area contributed by atoms with Crippen molar-refractivity contribution in [2.75, 3.05) is 18.0 Å². The van der Waals surface area contributed by atoms with Gasteiger partial charge in [0.25, 0.3) is 0 Å². The molecule has 22 heavy (non-hydrogen) atoms. The fourth-order valence-corrected chi connectivity index (χ4v) is 3.21. The van der Waals surface area contributed by atoms with E-state index in [0.717, 1.165) is 43.4 Å². The van der Waals surface area contributed by atoms with Crippen molar-refractivity contribution in [2.24, 2.45) is 0 Å². The molecule has 2 aromatic rings. The van der Waals surface area contributed by atoms with Crippen LogP contribution in [0.5, 0.6) is 0 Å². The minimum absolute atomic E-state index is 0.155. The molecule has 0 spiro atoms. The maximum absolute atomic E-state index is 12.1. The molecule has 0 amide bonds. The zero-order valence-corrected chi connectivity index (χ0v) is 12.9. The average molecular weight is 299 g/mol. The van der Waals surface area contributed by atoms with Crippen molar-refractivity contribution >= 4 is 22.9 Å². The van der Waals surface area contributed by atoms with Crippen molar-refractivity contribution < 1.29 is 9.21 Å². The van der Waals surface area contributed by atoms with Gasteiger partial charge in [0.2, 0.25) is 0 Å². The van der Waals surface area contributed by atoms with Crippen molar-refractivity contribution in [3.63, 3.8) is 0 Å². The van der Waals surface area contributed by atoms with Crippen LogP contribution in [-0.2, 0) is 6.42 Å². The smallest absolute Gasteiger partial charge is 0.349 e. The monoisotopic (exact) mass is 299 g/mol. The van der Waals surface area contributed by atoms with Gasteiger partial charge >= 0.3 is 5.63 Å². The van der Waals surface area contributed by atoms with Gasteiger partial charge in [-0.15, -0.1) is 0 Å². The molecule has 0 unspecified atom stereocenters. The zero-order chi connectivity index (χ0) is 15.5. The summed E-state index contributed by atoms with van der Waals surface area (Å²) in [6.45, 7) is 3.86. The van der Waals surface area contributed by atoms with Gasteiger partial charge in [0, 0.05) is 18.5 Å². The van der Waals surface area contributed by atoms with Gasteiger partial charge in [-0.05, 0) is 37.0 Å². The topological polar surface area (TPSA) is 50.5 Å². The van der Waals surface area contributed by atoms with E-state index in [1.807, 2.05) is 18.2 Å². The lowest BCUT2D eigenvalue weighted by atomic mass is 10.1. The van der Waals surface area contributed by atoms with Crippen LogP contribution in [0.2, 0.25) is 0 Å². The van der Waals surface area contributed by atoms with E-state index in [2.05, 4.69) is 11.8 Å². The van der Waals surface area contributed by atoms with Crippen LogP contribution in [0.25, 0.3) is 11.0 Å². The molecule has 0 saturated carbocycles. The summed E-state index contributed by atoms with van der Waals surface area (Å²) in [5.74, 6) is 0. The molecule has 0 radical (unpaired) electrons. The summed E-state index contributed by atoms with van der Waals surface area (Å²) in [5, 5.41) is 0.878. The molecule has 0 atom stereocenters. The molecule has 2 heterocycles. The third kappa shape index (κ3) is 2.65. The molecular formula is C18H21NO3. The van der Waals surface area contributed by atoms with Gasteiger partial charge < -0.3 is 9.32 Å². The highest BCUT2D eigenvalue weighted by atomic mass is 16.4. The number of anilines is 1. The fourth-order valence-electron chi connectivity index (χ4n) is 3.21. The Hall–Kier alpha value is -2.10. The summed E-state index contributed by atoms with van der Waals surface area (Å²) in [6.07, 6.45) is 6.13. The van der Waals surface area contributed by atoms with E-state index in [1.165, 1.54) is 18.4 Å². The third-order valence-electron chi connectivity index (χ3n) is 4.43. The number of aryl methyl sites for hydroxylation is 1. The van der Waals surface area contributed by atoms with Crippen LogP contribution in [0, 0.1) is 0 Å². The van der Waals surface area contributed by atoms with Gasteiger partial charge in [-0.1, -0.05) is 25.8 Å². The summed E-state index contributed by atoms with van der Waals surface area (Å²) in [4.78, 5) is 25.8. The lowest BCUT2D eigenvalue weighted by Gasteiger charge is -2.25. The van der Waals surface area contributed by atoms with Crippen LogP contribution in [0.15, 0.2) is 27.4 Å². The first-order chi connectivity index (χ1) is 10.7. The highest BCUT2D eigenvalue weighted by Gasteiger charge is 2.21. The molecule has 0 aliphatic carbocycles. The molecule has 0 N–H and O–H groups in total. The lowest BCUT2D eigenvalue weighted by molar-refractivity contribution is 0.112. The fraction of sp³-hybridized carbons (Fsp3) is 0.444. The number of rotatable bonds is 3. The second kappa shape index (κ2) is 6.34. The Morgan fingerprint density at radius 2 is 1.91 bits per heavy atom. The van der Waals surface area contributed by atoms with Crippen LogP contribution < -0.4 is 10.5 Å². The van der Waals surface area contributed by atoms with E-state index in [0.29, 0.717) is 11.9 Å². The van der Waals surface area contributed by atoms with E-state index >= 15 is 0 Å². The first-order valence-electron chi connectivity index (χ1n) is 8.04. The van der Waals surface area contributed by atoms with Crippen LogP contribution in [0.4, 0.5) is 5.69 Å². The molecule has 1 aromatic carbocycles. The van der Waals surface area contributed by atoms with Gasteiger partial charge in [-0.25, -0.2) is 4.79 Å². The number of benzene rings is 1. The van der Waals surface area contributed by atoms with Gasteiger partial charge in [0.1, 0.15) is 11.1 Å². The normalized spacial score (nSPS) is 15.8. The Morgan fingerprint density at radius 1 is 1.18 bits per heavy atom. The van der Waals surface area contributed by atoms with E-state index in [9.17, 15) is 9.59 Å². The molecule has 4 nitrogen and oxygen atoms in total. The lowest BCUT2D eigenvalue weighted by Crippen LogP contribution is -2.27. The Bertz CT molecular complexity index is 740. The molecule has 1 aliphatic heterocycles. The van der Waals surface area contributed by atoms with E-state index in [4.69, 9.17) is 4.42 Å². The largest absolute Gasteiger partial charge is 0.422 e. The molecule has 1 fully saturated rings. The maximum atomic E-state index is 12.1. The zero-order valence-electron chi connectivity index (χ0n) is 12.9. The molecule has 1 saturated heterocycles. The molecule has 116 valence electrons. The maximum Gasteiger partial charge on any atom is 0.349 e. The van der Waals surface area contributed by atoms with Gasteiger partial charge in [-0.3, -0.25) is 4.79 Å². The first kappa shape index (κ1) is 14.8. The molecule has 1 aromatic heterocycles. The Morgan fingerprint density at radius 3 is 2.55 bits per heavy atom. The van der Waals surface area contributed by atoms with Crippen molar-refractivity contribution in [1.82, 2.24) is 0 Å². The standard InChI is InChI=1S/C18H21NO3/c1-2-13-7-8-16-14(11-13)17(15(12-20)18(21)22-16)19-9-5-3-4-6-10-19/h7-8,11-12H,2-6,9-10H2,1H3. The van der Waals surface area contributed by atoms with Crippen molar-refractivity contribution in [2.45, 2.75) is 39.0 Å².